The predicted molar refractivity (Wildman–Crippen MR) is 80.5 cm³/mol. The zero-order valence-electron chi connectivity index (χ0n) is 10.8. The lowest BCUT2D eigenvalue weighted by Gasteiger charge is -2.11. The summed E-state index contributed by atoms with van der Waals surface area (Å²) in [5, 5.41) is 1.06. The van der Waals surface area contributed by atoms with Gasteiger partial charge in [0.1, 0.15) is 12.4 Å². The first-order valence-corrected chi connectivity index (χ1v) is 6.70. The second-order valence-electron chi connectivity index (χ2n) is 4.37. The minimum absolute atomic E-state index is 0.291. The molecule has 3 nitrogen and oxygen atoms in total. The lowest BCUT2D eigenvalue weighted by Crippen LogP contribution is -2.11. The summed E-state index contributed by atoms with van der Waals surface area (Å²) in [5.74, 6) is 0.192. The van der Waals surface area contributed by atoms with E-state index >= 15 is 0 Å². The quantitative estimate of drug-likeness (QED) is 0.928. The smallest absolute Gasteiger partial charge is 0.248 e. The van der Waals surface area contributed by atoms with Gasteiger partial charge in [-0.3, -0.25) is 4.79 Å². The Morgan fingerprint density at radius 3 is 2.60 bits per heavy atom. The van der Waals surface area contributed by atoms with Crippen molar-refractivity contribution in [3.8, 4) is 5.75 Å². The fourth-order valence-corrected chi connectivity index (χ4v) is 2.10. The standard InChI is InChI=1S/C15H13Cl2NO2/c1-9-2-5-12(16)7-14(9)20-8-11-4-3-10(15(18)19)6-13(11)17/h2-7H,8H2,1H3,(H2,18,19). The first kappa shape index (κ1) is 14.7. The molecule has 0 aliphatic rings. The van der Waals surface area contributed by atoms with Gasteiger partial charge in [-0.25, -0.2) is 0 Å². The molecule has 0 bridgehead atoms. The minimum atomic E-state index is -0.509. The first-order valence-electron chi connectivity index (χ1n) is 5.94. The lowest BCUT2D eigenvalue weighted by atomic mass is 10.1. The number of rotatable bonds is 4. The summed E-state index contributed by atoms with van der Waals surface area (Å²) in [6, 6.07) is 10.3. The summed E-state index contributed by atoms with van der Waals surface area (Å²) in [5.41, 5.74) is 7.32. The Labute approximate surface area is 127 Å². The molecule has 5 heteroatoms. The van der Waals surface area contributed by atoms with Crippen LogP contribution in [0.5, 0.6) is 5.75 Å². The van der Waals surface area contributed by atoms with Crippen LogP contribution >= 0.6 is 23.2 Å². The van der Waals surface area contributed by atoms with Gasteiger partial charge < -0.3 is 10.5 Å². The molecule has 0 unspecified atom stereocenters. The van der Waals surface area contributed by atoms with E-state index in [2.05, 4.69) is 0 Å². The third-order valence-electron chi connectivity index (χ3n) is 2.87. The number of primary amides is 1. The zero-order valence-corrected chi connectivity index (χ0v) is 12.3. The molecule has 0 heterocycles. The Hall–Kier alpha value is -1.71. The first-order chi connectivity index (χ1) is 9.47. The summed E-state index contributed by atoms with van der Waals surface area (Å²) < 4.78 is 5.70. The average molecular weight is 310 g/mol. The maximum absolute atomic E-state index is 11.0. The van der Waals surface area contributed by atoms with Crippen molar-refractivity contribution < 1.29 is 9.53 Å². The van der Waals surface area contributed by atoms with E-state index in [0.717, 1.165) is 11.1 Å². The van der Waals surface area contributed by atoms with Crippen LogP contribution in [0.4, 0.5) is 0 Å². The number of halogens is 2. The molecule has 0 fully saturated rings. The number of amides is 1. The van der Waals surface area contributed by atoms with E-state index in [0.29, 0.717) is 28.0 Å². The molecule has 0 aliphatic carbocycles. The van der Waals surface area contributed by atoms with Crippen LogP contribution < -0.4 is 10.5 Å². The summed E-state index contributed by atoms with van der Waals surface area (Å²) in [6.45, 7) is 2.22. The highest BCUT2D eigenvalue weighted by Gasteiger charge is 2.07. The molecule has 2 rings (SSSR count). The maximum atomic E-state index is 11.0. The van der Waals surface area contributed by atoms with Crippen LogP contribution in [0.1, 0.15) is 21.5 Å². The van der Waals surface area contributed by atoms with Gasteiger partial charge in [0, 0.05) is 21.2 Å². The number of ether oxygens (including phenoxy) is 1. The van der Waals surface area contributed by atoms with Crippen LogP contribution in [-0.4, -0.2) is 5.91 Å². The van der Waals surface area contributed by atoms with E-state index in [1.165, 1.54) is 6.07 Å². The average Bonchev–Trinajstić information content (AvgIpc) is 2.40. The van der Waals surface area contributed by atoms with E-state index in [4.69, 9.17) is 33.7 Å². The second kappa shape index (κ2) is 6.16. The lowest BCUT2D eigenvalue weighted by molar-refractivity contribution is 0.1000. The molecule has 0 aromatic heterocycles. The molecule has 104 valence electrons. The molecule has 0 aliphatic heterocycles. The Morgan fingerprint density at radius 2 is 1.95 bits per heavy atom. The second-order valence-corrected chi connectivity index (χ2v) is 5.21. The number of hydrogen-bond acceptors (Lipinski definition) is 2. The van der Waals surface area contributed by atoms with Gasteiger partial charge in [0.2, 0.25) is 5.91 Å². The van der Waals surface area contributed by atoms with E-state index in [9.17, 15) is 4.79 Å². The summed E-state index contributed by atoms with van der Waals surface area (Å²) in [7, 11) is 0. The van der Waals surface area contributed by atoms with Gasteiger partial charge >= 0.3 is 0 Å². The van der Waals surface area contributed by atoms with Gasteiger partial charge in [-0.05, 0) is 36.8 Å². The molecule has 2 N–H and O–H groups in total. The Morgan fingerprint density at radius 1 is 1.20 bits per heavy atom. The Kier molecular flexibility index (Phi) is 4.53. The topological polar surface area (TPSA) is 52.3 Å². The molecule has 0 saturated carbocycles. The third kappa shape index (κ3) is 3.44. The molecule has 2 aromatic carbocycles. The van der Waals surface area contributed by atoms with Crippen LogP contribution in [0.2, 0.25) is 10.0 Å². The third-order valence-corrected chi connectivity index (χ3v) is 3.46. The molecule has 1 amide bonds. The van der Waals surface area contributed by atoms with Gasteiger partial charge in [-0.2, -0.15) is 0 Å². The molecule has 2 aromatic rings. The number of benzene rings is 2. The predicted octanol–water partition coefficient (Wildman–Crippen LogP) is 3.98. The number of nitrogens with two attached hydrogens (primary N) is 1. The maximum Gasteiger partial charge on any atom is 0.248 e. The highest BCUT2D eigenvalue weighted by atomic mass is 35.5. The normalized spacial score (nSPS) is 10.3. The molecular formula is C15H13Cl2NO2. The highest BCUT2D eigenvalue weighted by molar-refractivity contribution is 6.31. The number of hydrogen-bond donors (Lipinski definition) is 1. The number of aryl methyl sites for hydroxylation is 1. The van der Waals surface area contributed by atoms with Gasteiger partial charge in [0.05, 0.1) is 0 Å². The van der Waals surface area contributed by atoms with E-state index in [-0.39, 0.29) is 0 Å². The summed E-state index contributed by atoms with van der Waals surface area (Å²) in [4.78, 5) is 11.0. The number of carbonyl (C=O) groups is 1. The van der Waals surface area contributed by atoms with Gasteiger partial charge in [0.15, 0.2) is 0 Å². The molecule has 0 atom stereocenters. The van der Waals surface area contributed by atoms with Gasteiger partial charge in [-0.1, -0.05) is 35.3 Å². The monoisotopic (exact) mass is 309 g/mol. The van der Waals surface area contributed by atoms with Crippen LogP contribution in [0, 0.1) is 6.92 Å². The van der Waals surface area contributed by atoms with Crippen molar-refractivity contribution in [3.63, 3.8) is 0 Å². The van der Waals surface area contributed by atoms with Crippen LogP contribution in [0.15, 0.2) is 36.4 Å². The van der Waals surface area contributed by atoms with Gasteiger partial charge in [-0.15, -0.1) is 0 Å². The van der Waals surface area contributed by atoms with Crippen molar-refractivity contribution in [1.82, 2.24) is 0 Å². The van der Waals surface area contributed by atoms with Crippen molar-refractivity contribution in [3.05, 3.63) is 63.1 Å². The number of carbonyl (C=O) groups excluding carboxylic acids is 1. The van der Waals surface area contributed by atoms with Crippen molar-refractivity contribution in [2.24, 2.45) is 5.73 Å². The fraction of sp³-hybridized carbons (Fsp3) is 0.133. The van der Waals surface area contributed by atoms with Crippen molar-refractivity contribution in [2.45, 2.75) is 13.5 Å². The van der Waals surface area contributed by atoms with Crippen molar-refractivity contribution in [2.75, 3.05) is 0 Å². The summed E-state index contributed by atoms with van der Waals surface area (Å²) in [6.07, 6.45) is 0. The van der Waals surface area contributed by atoms with Crippen molar-refractivity contribution in [1.29, 1.82) is 0 Å². The van der Waals surface area contributed by atoms with Crippen LogP contribution in [0.3, 0.4) is 0 Å². The molecule has 0 spiro atoms. The Balaban J connectivity index is 2.15. The zero-order chi connectivity index (χ0) is 14.7. The van der Waals surface area contributed by atoms with E-state index in [1.54, 1.807) is 24.3 Å². The highest BCUT2D eigenvalue weighted by Crippen LogP contribution is 2.25. The molecule has 0 radical (unpaired) electrons. The van der Waals surface area contributed by atoms with Crippen molar-refractivity contribution >= 4 is 29.1 Å². The molecule has 20 heavy (non-hydrogen) atoms. The minimum Gasteiger partial charge on any atom is -0.489 e. The van der Waals surface area contributed by atoms with Crippen LogP contribution in [0.25, 0.3) is 0 Å². The summed E-state index contributed by atoms with van der Waals surface area (Å²) >= 11 is 12.0. The largest absolute Gasteiger partial charge is 0.489 e. The SMILES string of the molecule is Cc1ccc(Cl)cc1OCc1ccc(C(N)=O)cc1Cl. The molecular weight excluding hydrogens is 297 g/mol. The van der Waals surface area contributed by atoms with Crippen LogP contribution in [-0.2, 0) is 6.61 Å². The van der Waals surface area contributed by atoms with Gasteiger partial charge in [0.25, 0.3) is 0 Å². The fourth-order valence-electron chi connectivity index (χ4n) is 1.70. The van der Waals surface area contributed by atoms with E-state index in [1.807, 2.05) is 13.0 Å². The van der Waals surface area contributed by atoms with E-state index < -0.39 is 5.91 Å². The molecule has 0 saturated heterocycles. The Bertz CT molecular complexity index is 656.